The SMILES string of the molecule is [CH2-]C(=O)N1CCC(C2CCN(C(=O)CO)CC2)CC1.[CH3-].[K+]. The van der Waals surface area contributed by atoms with E-state index in [9.17, 15) is 9.59 Å². The minimum atomic E-state index is -0.380. The summed E-state index contributed by atoms with van der Waals surface area (Å²) in [5.74, 6) is 1.10. The summed E-state index contributed by atoms with van der Waals surface area (Å²) in [4.78, 5) is 26.1. The minimum Gasteiger partial charge on any atom is -0.387 e. The van der Waals surface area contributed by atoms with Crippen molar-refractivity contribution in [1.82, 2.24) is 9.80 Å². The quantitative estimate of drug-likeness (QED) is 0.461. The van der Waals surface area contributed by atoms with Crippen molar-refractivity contribution in [2.45, 2.75) is 25.7 Å². The standard InChI is InChI=1S/C14H23N2O3.CH3.K/c1-11(18)15-6-2-12(3-7-15)13-4-8-16(9-5-13)14(19)10-17;;/h12-13,17H,1-10H2;1H3;/q2*-1;+1. The second-order valence-electron chi connectivity index (χ2n) is 5.59. The number of hydrogen-bond donors (Lipinski definition) is 1. The van der Waals surface area contributed by atoms with Gasteiger partial charge in [-0.15, -0.1) is 0 Å². The summed E-state index contributed by atoms with van der Waals surface area (Å²) in [5, 5.41) is 8.85. The van der Waals surface area contributed by atoms with E-state index in [1.807, 2.05) is 4.90 Å². The van der Waals surface area contributed by atoms with Crippen LogP contribution < -0.4 is 51.4 Å². The first-order chi connectivity index (χ1) is 9.11. The third-order valence-corrected chi connectivity index (χ3v) is 4.59. The number of nitrogens with zero attached hydrogens (tertiary/aromatic N) is 2. The van der Waals surface area contributed by atoms with Crippen LogP contribution in [0.2, 0.25) is 0 Å². The second-order valence-corrected chi connectivity index (χ2v) is 5.59. The third-order valence-electron chi connectivity index (χ3n) is 4.59. The first kappa shape index (κ1) is 21.4. The zero-order valence-electron chi connectivity index (χ0n) is 13.4. The van der Waals surface area contributed by atoms with Gasteiger partial charge in [0.25, 0.3) is 0 Å². The molecular weight excluding hydrogens is 295 g/mol. The topological polar surface area (TPSA) is 60.9 Å². The molecule has 2 aliphatic rings. The molecule has 0 bridgehead atoms. The Bertz CT molecular complexity index is 336. The van der Waals surface area contributed by atoms with Gasteiger partial charge in [-0.05, 0) is 37.5 Å². The average Bonchev–Trinajstić information content (AvgIpc) is 2.46. The van der Waals surface area contributed by atoms with E-state index in [1.165, 1.54) is 0 Å². The van der Waals surface area contributed by atoms with Crippen LogP contribution in [0.25, 0.3) is 0 Å². The van der Waals surface area contributed by atoms with Crippen LogP contribution >= 0.6 is 0 Å². The Balaban J connectivity index is 0.00000200. The van der Waals surface area contributed by atoms with Crippen molar-refractivity contribution in [3.8, 4) is 0 Å². The first-order valence-electron chi connectivity index (χ1n) is 7.11. The molecule has 0 radical (unpaired) electrons. The van der Waals surface area contributed by atoms with E-state index in [4.69, 9.17) is 5.11 Å². The summed E-state index contributed by atoms with van der Waals surface area (Å²) in [7, 11) is 0. The molecule has 2 aliphatic heterocycles. The number of piperidine rings is 2. The Morgan fingerprint density at radius 1 is 0.952 bits per heavy atom. The average molecular weight is 321 g/mol. The van der Waals surface area contributed by atoms with E-state index < -0.39 is 0 Å². The summed E-state index contributed by atoms with van der Waals surface area (Å²) in [5.41, 5.74) is 0. The molecule has 0 unspecified atom stereocenters. The molecule has 116 valence electrons. The van der Waals surface area contributed by atoms with Crippen LogP contribution in [-0.4, -0.2) is 59.5 Å². The summed E-state index contributed by atoms with van der Waals surface area (Å²) in [6.07, 6.45) is 4.16. The molecule has 2 saturated heterocycles. The number of likely N-dealkylation sites (tertiary alicyclic amines) is 2. The normalized spacial score (nSPS) is 20.4. The molecule has 2 amide bonds. The maximum Gasteiger partial charge on any atom is 1.00 e. The molecule has 0 aromatic carbocycles. The third kappa shape index (κ3) is 5.84. The Morgan fingerprint density at radius 2 is 1.33 bits per heavy atom. The molecule has 0 spiro atoms. The van der Waals surface area contributed by atoms with Crippen molar-refractivity contribution in [1.29, 1.82) is 0 Å². The summed E-state index contributed by atoms with van der Waals surface area (Å²) < 4.78 is 0. The van der Waals surface area contributed by atoms with Gasteiger partial charge >= 0.3 is 51.4 Å². The molecule has 2 rings (SSSR count). The fraction of sp³-hybridized carbons (Fsp3) is 0.733. The van der Waals surface area contributed by atoms with Crippen LogP contribution in [0, 0.1) is 26.2 Å². The molecule has 0 saturated carbocycles. The summed E-state index contributed by atoms with van der Waals surface area (Å²) in [6, 6.07) is 0. The van der Waals surface area contributed by atoms with E-state index in [2.05, 4.69) is 6.92 Å². The van der Waals surface area contributed by atoms with E-state index in [-0.39, 0.29) is 77.2 Å². The van der Waals surface area contributed by atoms with Crippen molar-refractivity contribution in [2.24, 2.45) is 11.8 Å². The molecular formula is C15H26KN2O3-. The van der Waals surface area contributed by atoms with Crippen LogP contribution in [0.5, 0.6) is 0 Å². The van der Waals surface area contributed by atoms with Gasteiger partial charge in [-0.3, -0.25) is 4.79 Å². The van der Waals surface area contributed by atoms with Gasteiger partial charge in [0.1, 0.15) is 6.61 Å². The molecule has 0 aliphatic carbocycles. The fourth-order valence-corrected chi connectivity index (χ4v) is 3.34. The number of carbonyl (C=O) groups is 2. The molecule has 0 aromatic heterocycles. The minimum absolute atomic E-state index is 0. The van der Waals surface area contributed by atoms with Gasteiger partial charge in [-0.1, -0.05) is 0 Å². The predicted octanol–water partition coefficient (Wildman–Crippen LogP) is -2.26. The van der Waals surface area contributed by atoms with Gasteiger partial charge in [0.15, 0.2) is 0 Å². The molecule has 0 atom stereocenters. The summed E-state index contributed by atoms with van der Waals surface area (Å²) >= 11 is 0. The van der Waals surface area contributed by atoms with Crippen LogP contribution in [-0.2, 0) is 9.59 Å². The Hall–Kier alpha value is 0.406. The van der Waals surface area contributed by atoms with Gasteiger partial charge in [-0.2, -0.15) is 0 Å². The Morgan fingerprint density at radius 3 is 1.67 bits per heavy atom. The maximum absolute atomic E-state index is 11.4. The van der Waals surface area contributed by atoms with Crippen molar-refractivity contribution in [2.75, 3.05) is 32.8 Å². The molecule has 2 heterocycles. The van der Waals surface area contributed by atoms with Gasteiger partial charge < -0.3 is 34.1 Å². The molecule has 5 nitrogen and oxygen atoms in total. The van der Waals surface area contributed by atoms with E-state index in [0.29, 0.717) is 11.8 Å². The zero-order valence-corrected chi connectivity index (χ0v) is 16.5. The Kier molecular flexibility index (Phi) is 10.4. The molecule has 2 fully saturated rings. The predicted molar refractivity (Wildman–Crippen MR) is 77.5 cm³/mol. The number of aliphatic hydroxyl groups excluding tert-OH is 1. The van der Waals surface area contributed by atoms with Crippen LogP contribution in [0.1, 0.15) is 25.7 Å². The first-order valence-corrected chi connectivity index (χ1v) is 7.11. The molecule has 21 heavy (non-hydrogen) atoms. The van der Waals surface area contributed by atoms with Gasteiger partial charge in [0.2, 0.25) is 5.91 Å². The maximum atomic E-state index is 11.4. The number of carbonyl (C=O) groups excluding carboxylic acids is 2. The Labute approximate surface area is 170 Å². The largest absolute Gasteiger partial charge is 1.00 e. The zero-order chi connectivity index (χ0) is 13.8. The van der Waals surface area contributed by atoms with Gasteiger partial charge in [-0.25, -0.2) is 0 Å². The van der Waals surface area contributed by atoms with Crippen molar-refractivity contribution in [3.05, 3.63) is 14.4 Å². The van der Waals surface area contributed by atoms with E-state index in [0.717, 1.165) is 51.9 Å². The number of rotatable bonds is 2. The van der Waals surface area contributed by atoms with Gasteiger partial charge in [0, 0.05) is 26.2 Å². The molecule has 6 heteroatoms. The monoisotopic (exact) mass is 321 g/mol. The van der Waals surface area contributed by atoms with Crippen LogP contribution in [0.4, 0.5) is 0 Å². The van der Waals surface area contributed by atoms with Crippen molar-refractivity contribution in [3.63, 3.8) is 0 Å². The van der Waals surface area contributed by atoms with E-state index >= 15 is 0 Å². The molecule has 0 aromatic rings. The number of amides is 2. The smallest absolute Gasteiger partial charge is 0.387 e. The van der Waals surface area contributed by atoms with Gasteiger partial charge in [0.05, 0.1) is 5.91 Å². The fourth-order valence-electron chi connectivity index (χ4n) is 3.34. The van der Waals surface area contributed by atoms with Crippen molar-refractivity contribution < 1.29 is 66.1 Å². The number of hydrogen-bond acceptors (Lipinski definition) is 3. The van der Waals surface area contributed by atoms with Crippen LogP contribution in [0.3, 0.4) is 0 Å². The summed E-state index contributed by atoms with van der Waals surface area (Å²) in [6.45, 7) is 6.25. The van der Waals surface area contributed by atoms with Crippen LogP contribution in [0.15, 0.2) is 0 Å². The second kappa shape index (κ2) is 10.2. The van der Waals surface area contributed by atoms with E-state index in [1.54, 1.807) is 4.90 Å². The number of aliphatic hydroxyl groups is 1. The molecule has 1 N–H and O–H groups in total. The van der Waals surface area contributed by atoms with Crippen molar-refractivity contribution >= 4 is 11.8 Å².